The SMILES string of the molecule is NC[C@H](NC(=O)c1ccc(-c2ccc(NC(=O)CNCc3ccc(Cl)c(Cl)c3)cc2)cc1)C(=O)NO. The van der Waals surface area contributed by atoms with Gasteiger partial charge in [-0.15, -0.1) is 0 Å². The van der Waals surface area contributed by atoms with Gasteiger partial charge in [-0.2, -0.15) is 0 Å². The van der Waals surface area contributed by atoms with Crippen molar-refractivity contribution in [2.75, 3.05) is 18.4 Å². The van der Waals surface area contributed by atoms with E-state index in [-0.39, 0.29) is 19.0 Å². The molecule has 1 atom stereocenters. The molecule has 188 valence electrons. The summed E-state index contributed by atoms with van der Waals surface area (Å²) < 4.78 is 0. The van der Waals surface area contributed by atoms with Crippen molar-refractivity contribution in [3.8, 4) is 11.1 Å². The summed E-state index contributed by atoms with van der Waals surface area (Å²) in [6.45, 7) is 0.432. The van der Waals surface area contributed by atoms with Crippen molar-refractivity contribution in [3.05, 3.63) is 87.9 Å². The number of hydrogen-bond acceptors (Lipinski definition) is 6. The predicted octanol–water partition coefficient (Wildman–Crippen LogP) is 2.95. The predicted molar refractivity (Wildman–Crippen MR) is 139 cm³/mol. The largest absolute Gasteiger partial charge is 0.339 e. The van der Waals surface area contributed by atoms with Gasteiger partial charge in [0.15, 0.2) is 0 Å². The van der Waals surface area contributed by atoms with Gasteiger partial charge in [0.1, 0.15) is 6.04 Å². The first-order valence-corrected chi connectivity index (χ1v) is 11.7. The summed E-state index contributed by atoms with van der Waals surface area (Å²) in [5.41, 5.74) is 10.6. The van der Waals surface area contributed by atoms with Crippen LogP contribution in [0.15, 0.2) is 66.7 Å². The molecule has 3 rings (SSSR count). The average molecular weight is 530 g/mol. The number of anilines is 1. The number of carbonyl (C=O) groups is 3. The lowest BCUT2D eigenvalue weighted by Crippen LogP contribution is -2.50. The summed E-state index contributed by atoms with van der Waals surface area (Å²) >= 11 is 11.9. The zero-order chi connectivity index (χ0) is 26.1. The van der Waals surface area contributed by atoms with Gasteiger partial charge in [-0.3, -0.25) is 19.6 Å². The quantitative estimate of drug-likeness (QED) is 0.176. The number of benzene rings is 3. The van der Waals surface area contributed by atoms with Gasteiger partial charge < -0.3 is 21.7 Å². The highest BCUT2D eigenvalue weighted by molar-refractivity contribution is 6.42. The molecule has 3 aromatic carbocycles. The highest BCUT2D eigenvalue weighted by Gasteiger charge is 2.19. The maximum Gasteiger partial charge on any atom is 0.267 e. The Morgan fingerprint density at radius 3 is 2.11 bits per heavy atom. The fourth-order valence-corrected chi connectivity index (χ4v) is 3.61. The molecule has 3 aromatic rings. The van der Waals surface area contributed by atoms with Crippen LogP contribution in [-0.2, 0) is 16.1 Å². The van der Waals surface area contributed by atoms with E-state index >= 15 is 0 Å². The van der Waals surface area contributed by atoms with Crippen LogP contribution in [0.4, 0.5) is 5.69 Å². The Labute approximate surface area is 217 Å². The van der Waals surface area contributed by atoms with Gasteiger partial charge in [0.05, 0.1) is 16.6 Å². The van der Waals surface area contributed by atoms with Crippen molar-refractivity contribution in [2.24, 2.45) is 5.73 Å². The molecule has 0 fully saturated rings. The summed E-state index contributed by atoms with van der Waals surface area (Å²) in [5, 5.41) is 18.0. The zero-order valence-electron chi connectivity index (χ0n) is 19.1. The minimum absolute atomic E-state index is 0.122. The van der Waals surface area contributed by atoms with Gasteiger partial charge in [0, 0.05) is 24.3 Å². The Bertz CT molecular complexity index is 1220. The average Bonchev–Trinajstić information content (AvgIpc) is 2.89. The molecule has 7 N–H and O–H groups in total. The number of nitrogens with two attached hydrogens (primary N) is 1. The molecule has 0 saturated carbocycles. The molecular weight excluding hydrogens is 505 g/mol. The Morgan fingerprint density at radius 2 is 1.53 bits per heavy atom. The zero-order valence-corrected chi connectivity index (χ0v) is 20.6. The number of amides is 3. The van der Waals surface area contributed by atoms with Crippen molar-refractivity contribution < 1.29 is 19.6 Å². The van der Waals surface area contributed by atoms with Crippen molar-refractivity contribution >= 4 is 46.6 Å². The topological polar surface area (TPSA) is 146 Å². The van der Waals surface area contributed by atoms with Crippen molar-refractivity contribution in [2.45, 2.75) is 12.6 Å². The molecule has 0 unspecified atom stereocenters. The van der Waals surface area contributed by atoms with Crippen molar-refractivity contribution in [1.29, 1.82) is 0 Å². The molecule has 0 aliphatic rings. The Balaban J connectivity index is 1.51. The van der Waals surface area contributed by atoms with E-state index in [1.54, 1.807) is 48.5 Å². The second-order valence-electron chi connectivity index (χ2n) is 7.79. The lowest BCUT2D eigenvalue weighted by atomic mass is 10.0. The smallest absolute Gasteiger partial charge is 0.267 e. The maximum absolute atomic E-state index is 12.3. The molecule has 0 radical (unpaired) electrons. The van der Waals surface area contributed by atoms with E-state index < -0.39 is 17.9 Å². The van der Waals surface area contributed by atoms with Crippen LogP contribution in [0.1, 0.15) is 15.9 Å². The van der Waals surface area contributed by atoms with E-state index in [4.69, 9.17) is 34.1 Å². The molecule has 11 heteroatoms. The fraction of sp³-hybridized carbons (Fsp3) is 0.160. The molecule has 0 aliphatic heterocycles. The number of hydrogen-bond donors (Lipinski definition) is 6. The standard InChI is InChI=1S/C25H25Cl2N5O4/c26-20-10-1-15(11-21(20)27)13-29-14-23(33)30-19-8-6-17(7-9-19)16-2-4-18(5-3-16)24(34)31-22(12-28)25(35)32-36/h1-11,22,29,36H,12-14,28H2,(H,30,33)(H,31,34)(H,32,35)/t22-/m0/s1. The fourth-order valence-electron chi connectivity index (χ4n) is 3.29. The van der Waals surface area contributed by atoms with Crippen LogP contribution in [-0.4, -0.2) is 42.1 Å². The first-order chi connectivity index (χ1) is 17.3. The monoisotopic (exact) mass is 529 g/mol. The number of hydroxylamine groups is 1. The summed E-state index contributed by atoms with van der Waals surface area (Å²) in [4.78, 5) is 36.0. The molecule has 36 heavy (non-hydrogen) atoms. The van der Waals surface area contributed by atoms with Gasteiger partial charge in [0.25, 0.3) is 11.8 Å². The Hall–Kier alpha value is -3.47. The third-order valence-electron chi connectivity index (χ3n) is 5.22. The van der Waals surface area contributed by atoms with E-state index in [1.807, 2.05) is 18.2 Å². The van der Waals surface area contributed by atoms with Crippen molar-refractivity contribution in [3.63, 3.8) is 0 Å². The third-order valence-corrected chi connectivity index (χ3v) is 5.95. The molecule has 9 nitrogen and oxygen atoms in total. The van der Waals surface area contributed by atoms with Crippen LogP contribution in [0.2, 0.25) is 10.0 Å². The van der Waals surface area contributed by atoms with Crippen LogP contribution >= 0.6 is 23.2 Å². The Morgan fingerprint density at radius 1 is 0.889 bits per heavy atom. The van der Waals surface area contributed by atoms with E-state index in [9.17, 15) is 14.4 Å². The lowest BCUT2D eigenvalue weighted by molar-refractivity contribution is -0.130. The van der Waals surface area contributed by atoms with E-state index in [0.29, 0.717) is 27.8 Å². The van der Waals surface area contributed by atoms with Gasteiger partial charge in [0.2, 0.25) is 5.91 Å². The van der Waals surface area contributed by atoms with Gasteiger partial charge >= 0.3 is 0 Å². The number of halogens is 2. The van der Waals surface area contributed by atoms with Crippen LogP contribution < -0.4 is 27.2 Å². The van der Waals surface area contributed by atoms with Gasteiger partial charge in [-0.1, -0.05) is 53.5 Å². The second kappa shape index (κ2) is 13.0. The highest BCUT2D eigenvalue weighted by Crippen LogP contribution is 2.23. The van der Waals surface area contributed by atoms with Crippen LogP contribution in [0.5, 0.6) is 0 Å². The molecule has 0 bridgehead atoms. The number of rotatable bonds is 10. The molecule has 0 heterocycles. The maximum atomic E-state index is 12.3. The summed E-state index contributed by atoms with van der Waals surface area (Å²) in [6.07, 6.45) is 0. The normalized spacial score (nSPS) is 11.4. The summed E-state index contributed by atoms with van der Waals surface area (Å²) in [5.74, 6) is -1.48. The van der Waals surface area contributed by atoms with Gasteiger partial charge in [-0.05, 0) is 53.1 Å². The highest BCUT2D eigenvalue weighted by atomic mass is 35.5. The van der Waals surface area contributed by atoms with E-state index in [0.717, 1.165) is 16.7 Å². The van der Waals surface area contributed by atoms with Crippen LogP contribution in [0.3, 0.4) is 0 Å². The van der Waals surface area contributed by atoms with Crippen LogP contribution in [0.25, 0.3) is 11.1 Å². The van der Waals surface area contributed by atoms with Crippen LogP contribution in [0, 0.1) is 0 Å². The van der Waals surface area contributed by atoms with Gasteiger partial charge in [-0.25, -0.2) is 5.48 Å². The number of carbonyl (C=O) groups excluding carboxylic acids is 3. The molecule has 0 aromatic heterocycles. The second-order valence-corrected chi connectivity index (χ2v) is 8.61. The summed E-state index contributed by atoms with van der Waals surface area (Å²) in [7, 11) is 0. The van der Waals surface area contributed by atoms with E-state index in [1.165, 1.54) is 5.48 Å². The third kappa shape index (κ3) is 7.51. The summed E-state index contributed by atoms with van der Waals surface area (Å²) in [6, 6.07) is 18.3. The lowest BCUT2D eigenvalue weighted by Gasteiger charge is -2.14. The molecule has 0 spiro atoms. The first-order valence-electron chi connectivity index (χ1n) is 10.9. The molecular formula is C25H25Cl2N5O4. The minimum atomic E-state index is -1.05. The first kappa shape index (κ1) is 27.1. The molecule has 0 saturated heterocycles. The molecule has 3 amide bonds. The van der Waals surface area contributed by atoms with Crippen molar-refractivity contribution in [1.82, 2.24) is 16.1 Å². The molecule has 0 aliphatic carbocycles. The van der Waals surface area contributed by atoms with E-state index in [2.05, 4.69) is 16.0 Å². The minimum Gasteiger partial charge on any atom is -0.339 e. The Kier molecular flexibility index (Phi) is 9.80. The number of nitrogens with one attached hydrogen (secondary N) is 4.